The maximum atomic E-state index is 12.8. The Labute approximate surface area is 431 Å². The van der Waals surface area contributed by atoms with E-state index in [-0.39, 0.29) is 31.1 Å². The van der Waals surface area contributed by atoms with E-state index in [4.69, 9.17) is 14.2 Å². The van der Waals surface area contributed by atoms with Gasteiger partial charge in [-0.15, -0.1) is 0 Å². The highest BCUT2D eigenvalue weighted by atomic mass is 16.6. The number of unbranched alkanes of at least 4 members (excludes halogenated alkanes) is 22. The summed E-state index contributed by atoms with van der Waals surface area (Å²) in [7, 11) is 0. The molecule has 0 spiro atoms. The van der Waals surface area contributed by atoms with Crippen LogP contribution in [0.3, 0.4) is 0 Å². The van der Waals surface area contributed by atoms with Crippen molar-refractivity contribution in [2.45, 2.75) is 264 Å². The lowest BCUT2D eigenvalue weighted by atomic mass is 10.1. The Kier molecular flexibility index (Phi) is 54.4. The molecule has 0 aromatic carbocycles. The summed E-state index contributed by atoms with van der Waals surface area (Å²) >= 11 is 0. The van der Waals surface area contributed by atoms with E-state index in [2.05, 4.69) is 130 Å². The summed E-state index contributed by atoms with van der Waals surface area (Å²) in [6.07, 6.45) is 78.0. The van der Waals surface area contributed by atoms with Crippen LogP contribution in [0.15, 0.2) is 109 Å². The monoisotopic (exact) mass is 971 g/mol. The molecule has 6 heteroatoms. The molecular weight excluding hydrogens is 865 g/mol. The van der Waals surface area contributed by atoms with Gasteiger partial charge in [-0.1, -0.05) is 246 Å². The second-order valence-corrected chi connectivity index (χ2v) is 18.8. The predicted octanol–water partition coefficient (Wildman–Crippen LogP) is 19.5. The van der Waals surface area contributed by atoms with E-state index in [1.54, 1.807) is 0 Å². The van der Waals surface area contributed by atoms with Crippen molar-refractivity contribution >= 4 is 17.9 Å². The summed E-state index contributed by atoms with van der Waals surface area (Å²) in [5, 5.41) is 0. The Morgan fingerprint density at radius 2 is 0.571 bits per heavy atom. The number of carbonyl (C=O) groups excluding carboxylic acids is 3. The second-order valence-electron chi connectivity index (χ2n) is 18.8. The molecule has 0 aliphatic rings. The quantitative estimate of drug-likeness (QED) is 0.0262. The van der Waals surface area contributed by atoms with Gasteiger partial charge in [0, 0.05) is 19.3 Å². The topological polar surface area (TPSA) is 78.9 Å². The average Bonchev–Trinajstić information content (AvgIpc) is 3.36. The SMILES string of the molecule is CC/C=C\C/C=C\C/C=C\C/C=C\C/C=C\C/C=C\C/C=C\CCCCCCCCCC(=O)OCC(COC(=O)CCCCCCCCCCC)OC(=O)CCCCCCC/C=C\C/C=C\CCCC. The highest BCUT2D eigenvalue weighted by Gasteiger charge is 2.19. The second kappa shape index (κ2) is 57.6. The number of hydrogen-bond acceptors (Lipinski definition) is 6. The van der Waals surface area contributed by atoms with E-state index in [9.17, 15) is 14.4 Å². The first-order chi connectivity index (χ1) is 34.5. The van der Waals surface area contributed by atoms with Crippen molar-refractivity contribution < 1.29 is 28.6 Å². The van der Waals surface area contributed by atoms with Gasteiger partial charge < -0.3 is 14.2 Å². The molecule has 1 atom stereocenters. The van der Waals surface area contributed by atoms with E-state index >= 15 is 0 Å². The van der Waals surface area contributed by atoms with Crippen LogP contribution < -0.4 is 0 Å². The molecule has 0 amide bonds. The van der Waals surface area contributed by atoms with Crippen LogP contribution in [0, 0.1) is 0 Å². The molecule has 0 fully saturated rings. The fourth-order valence-electron chi connectivity index (χ4n) is 7.67. The first kappa shape index (κ1) is 66.1. The summed E-state index contributed by atoms with van der Waals surface area (Å²) in [5.74, 6) is -0.916. The smallest absolute Gasteiger partial charge is 0.306 e. The number of carbonyl (C=O) groups is 3. The van der Waals surface area contributed by atoms with Crippen LogP contribution in [0.2, 0.25) is 0 Å². The number of ether oxygens (including phenoxy) is 3. The Morgan fingerprint density at radius 3 is 0.914 bits per heavy atom. The van der Waals surface area contributed by atoms with Crippen molar-refractivity contribution in [2.75, 3.05) is 13.2 Å². The van der Waals surface area contributed by atoms with Crippen LogP contribution in [0.25, 0.3) is 0 Å². The van der Waals surface area contributed by atoms with Crippen molar-refractivity contribution in [2.24, 2.45) is 0 Å². The molecule has 0 bridgehead atoms. The van der Waals surface area contributed by atoms with Gasteiger partial charge in [0.25, 0.3) is 0 Å². The first-order valence-corrected chi connectivity index (χ1v) is 28.9. The zero-order valence-corrected chi connectivity index (χ0v) is 45.5. The van der Waals surface area contributed by atoms with Crippen LogP contribution in [-0.4, -0.2) is 37.2 Å². The zero-order chi connectivity index (χ0) is 50.7. The van der Waals surface area contributed by atoms with Crippen molar-refractivity contribution in [3.05, 3.63) is 109 Å². The molecule has 0 heterocycles. The number of hydrogen-bond donors (Lipinski definition) is 0. The number of esters is 3. The third kappa shape index (κ3) is 55.0. The minimum Gasteiger partial charge on any atom is -0.462 e. The van der Waals surface area contributed by atoms with E-state index in [1.807, 2.05) is 0 Å². The van der Waals surface area contributed by atoms with Gasteiger partial charge in [0.1, 0.15) is 13.2 Å². The summed E-state index contributed by atoms with van der Waals surface area (Å²) in [5.41, 5.74) is 0. The Bertz CT molecular complexity index is 1440. The fraction of sp³-hybridized carbons (Fsp3) is 0.672. The largest absolute Gasteiger partial charge is 0.462 e. The van der Waals surface area contributed by atoms with E-state index in [0.717, 1.165) is 135 Å². The summed E-state index contributed by atoms with van der Waals surface area (Å²) < 4.78 is 16.8. The van der Waals surface area contributed by atoms with Gasteiger partial charge in [0.15, 0.2) is 6.10 Å². The molecule has 0 radical (unpaired) electrons. The Balaban J connectivity index is 4.25. The van der Waals surface area contributed by atoms with Crippen molar-refractivity contribution in [3.63, 3.8) is 0 Å². The summed E-state index contributed by atoms with van der Waals surface area (Å²) in [6, 6.07) is 0. The van der Waals surface area contributed by atoms with E-state index in [1.165, 1.54) is 83.5 Å². The molecule has 70 heavy (non-hydrogen) atoms. The van der Waals surface area contributed by atoms with Crippen LogP contribution in [0.4, 0.5) is 0 Å². The molecule has 0 rings (SSSR count). The maximum absolute atomic E-state index is 12.8. The van der Waals surface area contributed by atoms with Crippen LogP contribution >= 0.6 is 0 Å². The minimum absolute atomic E-state index is 0.0867. The lowest BCUT2D eigenvalue weighted by molar-refractivity contribution is -0.167. The lowest BCUT2D eigenvalue weighted by Gasteiger charge is -2.18. The number of rotatable bonds is 51. The van der Waals surface area contributed by atoms with Gasteiger partial charge in [0.05, 0.1) is 0 Å². The third-order valence-corrected chi connectivity index (χ3v) is 12.0. The standard InChI is InChI=1S/C64H106O6/c1-4-7-10-13-16-19-21-23-25-26-27-28-29-30-31-32-33-34-35-36-37-38-39-41-42-45-48-51-54-57-63(66)69-60-61(59-68-62(65)56-53-50-47-44-18-15-12-9-6-3)70-64(67)58-55-52-49-46-43-40-24-22-20-17-14-11-8-5-2/h7,10,14,16-17,19,22-25,27-28,30-31,33-34,36-37,61H,4-6,8-9,11-13,15,18,20-21,26,29,32,35,38-60H2,1-3H3/b10-7-,17-14-,19-16-,24-22-,25-23-,28-27-,31-30-,34-33-,37-36-. The van der Waals surface area contributed by atoms with Crippen LogP contribution in [0.1, 0.15) is 258 Å². The molecule has 1 unspecified atom stereocenters. The Morgan fingerprint density at radius 1 is 0.300 bits per heavy atom. The summed E-state index contributed by atoms with van der Waals surface area (Å²) in [6.45, 7) is 6.44. The minimum atomic E-state index is -0.789. The van der Waals surface area contributed by atoms with Crippen molar-refractivity contribution in [1.82, 2.24) is 0 Å². The lowest BCUT2D eigenvalue weighted by Crippen LogP contribution is -2.30. The molecule has 0 N–H and O–H groups in total. The molecule has 0 aromatic rings. The normalized spacial score (nSPS) is 12.9. The first-order valence-electron chi connectivity index (χ1n) is 28.9. The molecular formula is C64H106O6. The van der Waals surface area contributed by atoms with Crippen molar-refractivity contribution in [1.29, 1.82) is 0 Å². The highest BCUT2D eigenvalue weighted by molar-refractivity contribution is 5.71. The predicted molar refractivity (Wildman–Crippen MR) is 302 cm³/mol. The van der Waals surface area contributed by atoms with E-state index in [0.29, 0.717) is 19.3 Å². The molecule has 0 aromatic heterocycles. The highest BCUT2D eigenvalue weighted by Crippen LogP contribution is 2.14. The van der Waals surface area contributed by atoms with Gasteiger partial charge in [-0.2, -0.15) is 0 Å². The Hall–Kier alpha value is -3.93. The van der Waals surface area contributed by atoms with Gasteiger partial charge in [0.2, 0.25) is 0 Å². The molecule has 0 saturated heterocycles. The van der Waals surface area contributed by atoms with Gasteiger partial charge in [-0.25, -0.2) is 0 Å². The van der Waals surface area contributed by atoms with Gasteiger partial charge in [-0.3, -0.25) is 14.4 Å². The van der Waals surface area contributed by atoms with Crippen LogP contribution in [-0.2, 0) is 28.6 Å². The fourth-order valence-corrected chi connectivity index (χ4v) is 7.67. The van der Waals surface area contributed by atoms with Gasteiger partial charge in [-0.05, 0) is 103 Å². The molecule has 0 aliphatic carbocycles. The molecule has 0 aliphatic heterocycles. The molecule has 6 nitrogen and oxygen atoms in total. The van der Waals surface area contributed by atoms with E-state index < -0.39 is 6.10 Å². The average molecular weight is 972 g/mol. The third-order valence-electron chi connectivity index (χ3n) is 12.0. The number of allylic oxidation sites excluding steroid dienone is 18. The molecule has 398 valence electrons. The maximum Gasteiger partial charge on any atom is 0.306 e. The molecule has 0 saturated carbocycles. The van der Waals surface area contributed by atoms with Gasteiger partial charge >= 0.3 is 17.9 Å². The van der Waals surface area contributed by atoms with Crippen LogP contribution in [0.5, 0.6) is 0 Å². The zero-order valence-electron chi connectivity index (χ0n) is 45.5. The summed E-state index contributed by atoms with van der Waals surface area (Å²) in [4.78, 5) is 38.0. The van der Waals surface area contributed by atoms with Crippen molar-refractivity contribution in [3.8, 4) is 0 Å².